The summed E-state index contributed by atoms with van der Waals surface area (Å²) < 4.78 is 0. The van der Waals surface area contributed by atoms with Crippen LogP contribution < -0.4 is 5.73 Å². The Hall–Kier alpha value is -1.42. The summed E-state index contributed by atoms with van der Waals surface area (Å²) in [6, 6.07) is 5.35. The molecule has 0 aromatic carbocycles. The summed E-state index contributed by atoms with van der Waals surface area (Å²) in [5, 5.41) is 0. The van der Waals surface area contributed by atoms with Crippen molar-refractivity contribution in [2.45, 2.75) is 47.2 Å². The molecule has 0 aliphatic rings. The van der Waals surface area contributed by atoms with E-state index in [-0.39, 0.29) is 11.3 Å². The van der Waals surface area contributed by atoms with Gasteiger partial charge in [0.15, 0.2) is 0 Å². The largest absolute Gasteiger partial charge is 0.336 e. The zero-order chi connectivity index (χ0) is 14.6. The Balaban J connectivity index is 2.81. The molecule has 1 heterocycles. The van der Waals surface area contributed by atoms with E-state index in [1.165, 1.54) is 0 Å². The van der Waals surface area contributed by atoms with Gasteiger partial charge in [-0.2, -0.15) is 0 Å². The monoisotopic (exact) mass is 263 g/mol. The number of nitrogens with two attached hydrogens (primary N) is 1. The van der Waals surface area contributed by atoms with E-state index in [1.54, 1.807) is 4.90 Å². The van der Waals surface area contributed by atoms with Gasteiger partial charge in [-0.3, -0.25) is 9.78 Å². The number of carbonyl (C=O) groups is 1. The van der Waals surface area contributed by atoms with E-state index in [1.807, 2.05) is 52.8 Å². The van der Waals surface area contributed by atoms with Crippen LogP contribution in [0, 0.1) is 12.3 Å². The Kier molecular flexibility index (Phi) is 5.06. The van der Waals surface area contributed by atoms with E-state index in [0.29, 0.717) is 13.1 Å². The molecule has 4 heteroatoms. The lowest BCUT2D eigenvalue weighted by Gasteiger charge is -2.31. The van der Waals surface area contributed by atoms with Crippen LogP contribution in [0.4, 0.5) is 0 Å². The van der Waals surface area contributed by atoms with Crippen molar-refractivity contribution in [3.05, 3.63) is 29.6 Å². The fourth-order valence-electron chi connectivity index (χ4n) is 1.80. The zero-order valence-corrected chi connectivity index (χ0v) is 12.6. The summed E-state index contributed by atoms with van der Waals surface area (Å²) in [7, 11) is 0. The molecule has 1 atom stereocenters. The van der Waals surface area contributed by atoms with E-state index < -0.39 is 6.04 Å². The molecule has 0 unspecified atom stereocenters. The van der Waals surface area contributed by atoms with Gasteiger partial charge in [-0.05, 0) is 31.4 Å². The van der Waals surface area contributed by atoms with Crippen LogP contribution >= 0.6 is 0 Å². The molecule has 0 radical (unpaired) electrons. The molecule has 0 saturated carbocycles. The summed E-state index contributed by atoms with van der Waals surface area (Å²) in [5.74, 6) is -0.0155. The molecule has 1 amide bonds. The third-order valence-corrected chi connectivity index (χ3v) is 3.19. The first-order valence-corrected chi connectivity index (χ1v) is 6.72. The van der Waals surface area contributed by atoms with Gasteiger partial charge in [0.2, 0.25) is 5.91 Å². The molecule has 0 saturated heterocycles. The van der Waals surface area contributed by atoms with Crippen molar-refractivity contribution in [1.82, 2.24) is 9.88 Å². The lowest BCUT2D eigenvalue weighted by atomic mass is 9.86. The lowest BCUT2D eigenvalue weighted by Crippen LogP contribution is -2.50. The number of hydrogen-bond acceptors (Lipinski definition) is 3. The number of rotatable bonds is 4. The Morgan fingerprint density at radius 3 is 2.53 bits per heavy atom. The SMILES string of the molecule is CCN(Cc1cccc(C)n1)C(=O)[C@H](N)C(C)(C)C. The predicted molar refractivity (Wildman–Crippen MR) is 77.5 cm³/mol. The van der Waals surface area contributed by atoms with E-state index in [4.69, 9.17) is 5.73 Å². The Bertz CT molecular complexity index is 437. The molecule has 4 nitrogen and oxygen atoms in total. The smallest absolute Gasteiger partial charge is 0.240 e. The number of aromatic nitrogens is 1. The molecule has 0 aliphatic carbocycles. The van der Waals surface area contributed by atoms with Crippen molar-refractivity contribution in [2.24, 2.45) is 11.1 Å². The van der Waals surface area contributed by atoms with Crippen LogP contribution in [0.15, 0.2) is 18.2 Å². The molecular formula is C15H25N3O. The highest BCUT2D eigenvalue weighted by molar-refractivity contribution is 5.82. The average Bonchev–Trinajstić information content (AvgIpc) is 2.33. The minimum Gasteiger partial charge on any atom is -0.336 e. The van der Waals surface area contributed by atoms with E-state index in [2.05, 4.69) is 4.98 Å². The third kappa shape index (κ3) is 4.31. The van der Waals surface area contributed by atoms with Gasteiger partial charge < -0.3 is 10.6 Å². The number of pyridine rings is 1. The second-order valence-electron chi connectivity index (χ2n) is 5.97. The number of nitrogens with zero attached hydrogens (tertiary/aromatic N) is 2. The van der Waals surface area contributed by atoms with E-state index in [0.717, 1.165) is 11.4 Å². The maximum Gasteiger partial charge on any atom is 0.240 e. The predicted octanol–water partition coefficient (Wildman–Crippen LogP) is 2.11. The highest BCUT2D eigenvalue weighted by Gasteiger charge is 2.30. The molecule has 1 aromatic heterocycles. The van der Waals surface area contributed by atoms with Crippen molar-refractivity contribution in [2.75, 3.05) is 6.54 Å². The van der Waals surface area contributed by atoms with Crippen molar-refractivity contribution in [1.29, 1.82) is 0 Å². The molecule has 19 heavy (non-hydrogen) atoms. The van der Waals surface area contributed by atoms with Crippen molar-refractivity contribution in [3.63, 3.8) is 0 Å². The Morgan fingerprint density at radius 1 is 1.42 bits per heavy atom. The standard InChI is InChI=1S/C15H25N3O/c1-6-18(14(19)13(16)15(3,4)5)10-12-9-7-8-11(2)17-12/h7-9,13H,6,10,16H2,1-5H3/t13-/m0/s1. The van der Waals surface area contributed by atoms with Crippen LogP contribution in [0.25, 0.3) is 0 Å². The van der Waals surface area contributed by atoms with Gasteiger partial charge >= 0.3 is 0 Å². The first-order chi connectivity index (χ1) is 8.75. The fraction of sp³-hybridized carbons (Fsp3) is 0.600. The van der Waals surface area contributed by atoms with Crippen LogP contribution in [0.2, 0.25) is 0 Å². The van der Waals surface area contributed by atoms with E-state index in [9.17, 15) is 4.79 Å². The number of carbonyl (C=O) groups excluding carboxylic acids is 1. The quantitative estimate of drug-likeness (QED) is 0.905. The van der Waals surface area contributed by atoms with Crippen molar-refractivity contribution in [3.8, 4) is 0 Å². The third-order valence-electron chi connectivity index (χ3n) is 3.19. The molecule has 106 valence electrons. The summed E-state index contributed by atoms with van der Waals surface area (Å²) in [4.78, 5) is 18.6. The average molecular weight is 263 g/mol. The lowest BCUT2D eigenvalue weighted by molar-refractivity contribution is -0.135. The highest BCUT2D eigenvalue weighted by Crippen LogP contribution is 2.19. The molecular weight excluding hydrogens is 238 g/mol. The number of likely N-dealkylation sites (N-methyl/N-ethyl adjacent to an activating group) is 1. The Morgan fingerprint density at radius 2 is 2.05 bits per heavy atom. The second kappa shape index (κ2) is 6.15. The first-order valence-electron chi connectivity index (χ1n) is 6.72. The second-order valence-corrected chi connectivity index (χ2v) is 5.97. The summed E-state index contributed by atoms with van der Waals surface area (Å²) in [5.41, 5.74) is 7.67. The van der Waals surface area contributed by atoms with Crippen LogP contribution in [-0.2, 0) is 11.3 Å². The topological polar surface area (TPSA) is 59.2 Å². The minimum absolute atomic E-state index is 0.0155. The molecule has 2 N–H and O–H groups in total. The zero-order valence-electron chi connectivity index (χ0n) is 12.6. The maximum atomic E-state index is 12.4. The normalized spacial score (nSPS) is 13.2. The first kappa shape index (κ1) is 15.6. The number of aryl methyl sites for hydroxylation is 1. The molecule has 1 rings (SSSR count). The van der Waals surface area contributed by atoms with Gasteiger partial charge in [0.1, 0.15) is 0 Å². The van der Waals surface area contributed by atoms with Gasteiger partial charge in [-0.15, -0.1) is 0 Å². The number of amides is 1. The molecule has 0 aliphatic heterocycles. The summed E-state index contributed by atoms with van der Waals surface area (Å²) >= 11 is 0. The van der Waals surface area contributed by atoms with Gasteiger partial charge in [0.05, 0.1) is 18.3 Å². The van der Waals surface area contributed by atoms with Crippen molar-refractivity contribution >= 4 is 5.91 Å². The minimum atomic E-state index is -0.489. The van der Waals surface area contributed by atoms with Gasteiger partial charge in [0, 0.05) is 12.2 Å². The molecule has 0 bridgehead atoms. The summed E-state index contributed by atoms with van der Waals surface area (Å²) in [6.07, 6.45) is 0. The van der Waals surface area contributed by atoms with Crippen LogP contribution in [0.5, 0.6) is 0 Å². The maximum absolute atomic E-state index is 12.4. The highest BCUT2D eigenvalue weighted by atomic mass is 16.2. The number of hydrogen-bond donors (Lipinski definition) is 1. The van der Waals surface area contributed by atoms with Crippen LogP contribution in [0.3, 0.4) is 0 Å². The van der Waals surface area contributed by atoms with Gasteiger partial charge in [0.25, 0.3) is 0 Å². The molecule has 0 spiro atoms. The molecule has 0 fully saturated rings. The van der Waals surface area contributed by atoms with Crippen molar-refractivity contribution < 1.29 is 4.79 Å². The van der Waals surface area contributed by atoms with Gasteiger partial charge in [-0.1, -0.05) is 26.8 Å². The van der Waals surface area contributed by atoms with Gasteiger partial charge in [-0.25, -0.2) is 0 Å². The van der Waals surface area contributed by atoms with E-state index >= 15 is 0 Å². The fourth-order valence-corrected chi connectivity index (χ4v) is 1.80. The van der Waals surface area contributed by atoms with Crippen LogP contribution in [-0.4, -0.2) is 28.4 Å². The Labute approximate surface area is 116 Å². The van der Waals surface area contributed by atoms with Crippen LogP contribution in [0.1, 0.15) is 39.1 Å². The molecule has 1 aromatic rings. The summed E-state index contributed by atoms with van der Waals surface area (Å²) in [6.45, 7) is 11.0.